The monoisotopic (exact) mass is 833 g/mol. The summed E-state index contributed by atoms with van der Waals surface area (Å²) in [7, 11) is 1.59. The van der Waals surface area contributed by atoms with E-state index in [1.165, 1.54) is 44.9 Å². The lowest BCUT2D eigenvalue weighted by atomic mass is 10.0. The average molecular weight is 833 g/mol. The molecule has 0 rings (SSSR count). The molecular formula is C41H76N4O13. The first-order valence-electron chi connectivity index (χ1n) is 21.5. The summed E-state index contributed by atoms with van der Waals surface area (Å²) in [5.74, 6) is -3.52. The van der Waals surface area contributed by atoms with Gasteiger partial charge in [0, 0.05) is 32.4 Å². The van der Waals surface area contributed by atoms with Crippen LogP contribution in [-0.4, -0.2) is 136 Å². The molecule has 2 atom stereocenters. The number of amides is 3. The van der Waals surface area contributed by atoms with Gasteiger partial charge in [0.15, 0.2) is 0 Å². The fourth-order valence-corrected chi connectivity index (χ4v) is 5.94. The number of unbranched alkanes of at least 4 members (excludes halogenated alkanes) is 14. The SMILES string of the molecule is CN[C@@H](CCCCNC(=O)CC[C@H](NC(=O)CCCCCCCCCCCCCCCCC(=O)NCCOCCOCCOCCOCCC(=O)O)C(=O)O)C(=O)O. The van der Waals surface area contributed by atoms with Crippen molar-refractivity contribution in [2.75, 3.05) is 73.0 Å². The molecule has 0 aliphatic heterocycles. The molecule has 0 aromatic heterocycles. The lowest BCUT2D eigenvalue weighted by molar-refractivity contribution is -0.142. The Bertz CT molecular complexity index is 1080. The van der Waals surface area contributed by atoms with Gasteiger partial charge in [0.2, 0.25) is 17.7 Å². The highest BCUT2D eigenvalue weighted by Crippen LogP contribution is 2.14. The number of carbonyl (C=O) groups excluding carboxylic acids is 3. The summed E-state index contributed by atoms with van der Waals surface area (Å²) in [6, 6.07) is -1.73. The van der Waals surface area contributed by atoms with E-state index in [0.29, 0.717) is 91.4 Å². The normalized spacial score (nSPS) is 12.2. The Labute approximate surface area is 345 Å². The van der Waals surface area contributed by atoms with Crippen molar-refractivity contribution in [1.82, 2.24) is 21.3 Å². The smallest absolute Gasteiger partial charge is 0.326 e. The first-order valence-corrected chi connectivity index (χ1v) is 21.5. The number of hydrogen-bond acceptors (Lipinski definition) is 11. The highest BCUT2D eigenvalue weighted by atomic mass is 16.6. The molecule has 0 aromatic rings. The first kappa shape index (κ1) is 54.6. The minimum absolute atomic E-state index is 0.00505. The van der Waals surface area contributed by atoms with Crippen molar-refractivity contribution in [1.29, 1.82) is 0 Å². The molecule has 0 aromatic carbocycles. The van der Waals surface area contributed by atoms with Gasteiger partial charge in [-0.05, 0) is 45.6 Å². The molecule has 0 fully saturated rings. The Hall–Kier alpha value is -3.38. The summed E-state index contributed by atoms with van der Waals surface area (Å²) in [6.07, 6.45) is 17.8. The predicted molar refractivity (Wildman–Crippen MR) is 219 cm³/mol. The molecule has 0 saturated heterocycles. The summed E-state index contributed by atoms with van der Waals surface area (Å²) in [4.78, 5) is 69.4. The number of hydrogen-bond donors (Lipinski definition) is 7. The number of ether oxygens (including phenoxy) is 4. The highest BCUT2D eigenvalue weighted by Gasteiger charge is 2.21. The molecule has 0 unspecified atom stereocenters. The minimum Gasteiger partial charge on any atom is -0.481 e. The van der Waals surface area contributed by atoms with Crippen LogP contribution < -0.4 is 21.3 Å². The molecule has 7 N–H and O–H groups in total. The molecule has 0 spiro atoms. The molecular weight excluding hydrogens is 756 g/mol. The third-order valence-electron chi connectivity index (χ3n) is 9.38. The summed E-state index contributed by atoms with van der Waals surface area (Å²) in [6.45, 7) is 3.94. The lowest BCUT2D eigenvalue weighted by Gasteiger charge is -2.14. The second kappa shape index (κ2) is 40.4. The van der Waals surface area contributed by atoms with Crippen molar-refractivity contribution in [3.05, 3.63) is 0 Å². The van der Waals surface area contributed by atoms with E-state index in [4.69, 9.17) is 29.2 Å². The van der Waals surface area contributed by atoms with Crippen LogP contribution in [0.2, 0.25) is 0 Å². The van der Waals surface area contributed by atoms with Crippen molar-refractivity contribution < 1.29 is 63.0 Å². The van der Waals surface area contributed by atoms with E-state index in [0.717, 1.165) is 38.5 Å². The molecule has 3 amide bonds. The van der Waals surface area contributed by atoms with Crippen LogP contribution in [0.25, 0.3) is 0 Å². The summed E-state index contributed by atoms with van der Waals surface area (Å²) in [5.41, 5.74) is 0. The van der Waals surface area contributed by atoms with Crippen LogP contribution in [0.3, 0.4) is 0 Å². The van der Waals surface area contributed by atoms with E-state index < -0.39 is 30.0 Å². The Morgan fingerprint density at radius 1 is 0.414 bits per heavy atom. The number of rotatable bonds is 44. The van der Waals surface area contributed by atoms with E-state index in [2.05, 4.69) is 21.3 Å². The van der Waals surface area contributed by atoms with Crippen LogP contribution in [0.1, 0.15) is 141 Å². The zero-order chi connectivity index (χ0) is 42.9. The number of nitrogens with one attached hydrogen (secondary N) is 4. The Morgan fingerprint density at radius 3 is 1.29 bits per heavy atom. The largest absolute Gasteiger partial charge is 0.481 e. The van der Waals surface area contributed by atoms with Crippen molar-refractivity contribution >= 4 is 35.6 Å². The molecule has 0 bridgehead atoms. The standard InChI is InChI=1S/C41H76N4O13/c1-42-34(40(51)52)18-16-17-24-43-37(47)22-21-35(41(53)54)45-38(48)20-15-13-11-9-7-5-3-2-4-6-8-10-12-14-19-36(46)44-25-27-56-29-31-58-33-32-57-30-28-55-26-23-39(49)50/h34-35,42H,2-33H2,1H3,(H,43,47)(H,44,46)(H,45,48)(H,49,50)(H,51,52)(H,53,54)/t34-,35-/m0/s1. The van der Waals surface area contributed by atoms with Gasteiger partial charge < -0.3 is 55.5 Å². The van der Waals surface area contributed by atoms with Gasteiger partial charge >= 0.3 is 17.9 Å². The van der Waals surface area contributed by atoms with Gasteiger partial charge in [0.25, 0.3) is 0 Å². The number of aliphatic carboxylic acids is 3. The minimum atomic E-state index is -1.16. The van der Waals surface area contributed by atoms with Crippen LogP contribution in [-0.2, 0) is 47.7 Å². The number of likely N-dealkylation sites (N-methyl/N-ethyl adjacent to an activating group) is 1. The van der Waals surface area contributed by atoms with E-state index in [1.807, 2.05) is 0 Å². The van der Waals surface area contributed by atoms with Crippen LogP contribution in [0.5, 0.6) is 0 Å². The maximum Gasteiger partial charge on any atom is 0.326 e. The van der Waals surface area contributed by atoms with E-state index in [1.54, 1.807) is 7.05 Å². The van der Waals surface area contributed by atoms with Gasteiger partial charge in [-0.2, -0.15) is 0 Å². The maximum absolute atomic E-state index is 12.3. The van der Waals surface area contributed by atoms with E-state index in [-0.39, 0.29) is 50.0 Å². The Kier molecular flexibility index (Phi) is 38.0. The Morgan fingerprint density at radius 2 is 0.828 bits per heavy atom. The van der Waals surface area contributed by atoms with Crippen LogP contribution >= 0.6 is 0 Å². The van der Waals surface area contributed by atoms with Gasteiger partial charge in [-0.15, -0.1) is 0 Å². The molecule has 0 radical (unpaired) electrons. The summed E-state index contributed by atoms with van der Waals surface area (Å²) < 4.78 is 21.3. The predicted octanol–water partition coefficient (Wildman–Crippen LogP) is 4.19. The van der Waals surface area contributed by atoms with Gasteiger partial charge in [0.05, 0.1) is 59.3 Å². The third kappa shape index (κ3) is 38.2. The maximum atomic E-state index is 12.3. The second-order valence-electron chi connectivity index (χ2n) is 14.4. The van der Waals surface area contributed by atoms with Gasteiger partial charge in [0.1, 0.15) is 12.1 Å². The van der Waals surface area contributed by atoms with E-state index in [9.17, 15) is 33.9 Å². The molecule has 0 aliphatic rings. The van der Waals surface area contributed by atoms with Gasteiger partial charge in [-0.25, -0.2) is 4.79 Å². The van der Waals surface area contributed by atoms with Gasteiger partial charge in [-0.1, -0.05) is 77.0 Å². The molecule has 0 aliphatic carbocycles. The second-order valence-corrected chi connectivity index (χ2v) is 14.4. The quantitative estimate of drug-likeness (QED) is 0.0426. The molecule has 58 heavy (non-hydrogen) atoms. The van der Waals surface area contributed by atoms with Crippen molar-refractivity contribution in [2.24, 2.45) is 0 Å². The summed E-state index contributed by atoms with van der Waals surface area (Å²) >= 11 is 0. The number of carboxylic acids is 3. The third-order valence-corrected chi connectivity index (χ3v) is 9.38. The van der Waals surface area contributed by atoms with Crippen molar-refractivity contribution in [2.45, 2.75) is 153 Å². The zero-order valence-corrected chi connectivity index (χ0v) is 35.2. The fraction of sp³-hybridized carbons (Fsp3) is 0.854. The van der Waals surface area contributed by atoms with Crippen molar-refractivity contribution in [3.63, 3.8) is 0 Å². The number of carboxylic acid groups (broad SMARTS) is 3. The van der Waals surface area contributed by atoms with Crippen LogP contribution in [0.15, 0.2) is 0 Å². The number of carbonyl (C=O) groups is 6. The topological polar surface area (TPSA) is 248 Å². The van der Waals surface area contributed by atoms with Gasteiger partial charge in [-0.3, -0.25) is 24.0 Å². The molecule has 17 heteroatoms. The first-order chi connectivity index (χ1) is 28.1. The Balaban J connectivity index is 3.52. The molecule has 338 valence electrons. The zero-order valence-electron chi connectivity index (χ0n) is 35.2. The van der Waals surface area contributed by atoms with Crippen LogP contribution in [0, 0.1) is 0 Å². The molecule has 0 heterocycles. The molecule has 17 nitrogen and oxygen atoms in total. The highest BCUT2D eigenvalue weighted by molar-refractivity contribution is 5.84. The lowest BCUT2D eigenvalue weighted by Crippen LogP contribution is -2.41. The van der Waals surface area contributed by atoms with Crippen molar-refractivity contribution in [3.8, 4) is 0 Å². The molecule has 0 saturated carbocycles. The fourth-order valence-electron chi connectivity index (χ4n) is 5.94. The van der Waals surface area contributed by atoms with Crippen LogP contribution in [0.4, 0.5) is 0 Å². The summed E-state index contributed by atoms with van der Waals surface area (Å²) in [5, 5.41) is 37.9. The average Bonchev–Trinajstić information content (AvgIpc) is 3.18. The van der Waals surface area contributed by atoms with E-state index >= 15 is 0 Å².